The van der Waals surface area contributed by atoms with Gasteiger partial charge in [0.25, 0.3) is 0 Å². The number of carbonyl (C=O) groups excluding carboxylic acids is 1. The third kappa shape index (κ3) is 3.90. The van der Waals surface area contributed by atoms with Gasteiger partial charge in [0.05, 0.1) is 0 Å². The van der Waals surface area contributed by atoms with Gasteiger partial charge in [0.15, 0.2) is 5.60 Å². The summed E-state index contributed by atoms with van der Waals surface area (Å²) in [7, 11) is 0. The lowest BCUT2D eigenvalue weighted by Gasteiger charge is -2.39. The van der Waals surface area contributed by atoms with E-state index in [0.717, 1.165) is 25.7 Å². The Morgan fingerprint density at radius 1 is 1.38 bits per heavy atom. The van der Waals surface area contributed by atoms with Crippen LogP contribution in [0, 0.1) is 0 Å². The van der Waals surface area contributed by atoms with Crippen LogP contribution in [0.1, 0.15) is 38.5 Å². The monoisotopic (exact) mass is 306 g/mol. The van der Waals surface area contributed by atoms with Crippen LogP contribution in [-0.4, -0.2) is 47.4 Å². The van der Waals surface area contributed by atoms with Gasteiger partial charge in [0, 0.05) is 32.5 Å². The molecule has 0 unspecified atom stereocenters. The summed E-state index contributed by atoms with van der Waals surface area (Å²) in [5.41, 5.74) is -1.32. The quantitative estimate of drug-likeness (QED) is 0.788. The SMILES string of the molecule is O=C(NCCC1=CCCC1)N1CCC(O)(C(F)(F)F)CC1. The fourth-order valence-electron chi connectivity index (χ4n) is 2.77. The standard InChI is InChI=1S/C14H21F3N2O2/c15-14(16,17)13(21)6-9-19(10-7-13)12(20)18-8-5-11-3-1-2-4-11/h3,21H,1-2,4-10H2,(H,18,20). The molecule has 1 aliphatic heterocycles. The van der Waals surface area contributed by atoms with Crippen molar-refractivity contribution in [1.82, 2.24) is 10.2 Å². The molecule has 0 radical (unpaired) electrons. The van der Waals surface area contributed by atoms with E-state index in [9.17, 15) is 23.1 Å². The van der Waals surface area contributed by atoms with Gasteiger partial charge in [-0.1, -0.05) is 11.6 Å². The van der Waals surface area contributed by atoms with E-state index in [0.29, 0.717) is 6.54 Å². The summed E-state index contributed by atoms with van der Waals surface area (Å²) in [4.78, 5) is 13.2. The predicted molar refractivity (Wildman–Crippen MR) is 71.8 cm³/mol. The smallest absolute Gasteiger partial charge is 0.380 e. The molecule has 2 amide bonds. The predicted octanol–water partition coefficient (Wildman–Crippen LogP) is 2.59. The van der Waals surface area contributed by atoms with E-state index in [1.165, 1.54) is 10.5 Å². The lowest BCUT2D eigenvalue weighted by molar-refractivity contribution is -0.271. The number of rotatable bonds is 3. The van der Waals surface area contributed by atoms with Crippen molar-refractivity contribution in [2.75, 3.05) is 19.6 Å². The molecule has 1 heterocycles. The largest absolute Gasteiger partial charge is 0.417 e. The summed E-state index contributed by atoms with van der Waals surface area (Å²) < 4.78 is 38.0. The van der Waals surface area contributed by atoms with Gasteiger partial charge in [0.1, 0.15) is 0 Å². The molecule has 0 spiro atoms. The number of aliphatic hydroxyl groups is 1. The van der Waals surface area contributed by atoms with Gasteiger partial charge in [-0.3, -0.25) is 0 Å². The Hall–Kier alpha value is -1.24. The first-order valence-electron chi connectivity index (χ1n) is 7.32. The molecule has 2 aliphatic rings. The first kappa shape index (κ1) is 16.1. The van der Waals surface area contributed by atoms with E-state index < -0.39 is 24.6 Å². The van der Waals surface area contributed by atoms with Crippen LogP contribution in [0.4, 0.5) is 18.0 Å². The Kier molecular flexibility index (Phi) is 4.81. The average molecular weight is 306 g/mol. The average Bonchev–Trinajstić information content (AvgIpc) is 2.91. The molecule has 0 bridgehead atoms. The number of hydrogen-bond acceptors (Lipinski definition) is 2. The van der Waals surface area contributed by atoms with Gasteiger partial charge in [-0.15, -0.1) is 0 Å². The Morgan fingerprint density at radius 3 is 2.57 bits per heavy atom. The first-order chi connectivity index (χ1) is 9.82. The number of piperidine rings is 1. The summed E-state index contributed by atoms with van der Waals surface area (Å²) in [6.07, 6.45) is 0.728. The molecular weight excluding hydrogens is 285 g/mol. The van der Waals surface area contributed by atoms with E-state index in [4.69, 9.17) is 0 Å². The van der Waals surface area contributed by atoms with Crippen LogP contribution in [0.2, 0.25) is 0 Å². The molecule has 120 valence electrons. The highest BCUT2D eigenvalue weighted by atomic mass is 19.4. The number of amides is 2. The van der Waals surface area contributed by atoms with Gasteiger partial charge >= 0.3 is 12.2 Å². The zero-order chi connectivity index (χ0) is 15.5. The molecule has 4 nitrogen and oxygen atoms in total. The van der Waals surface area contributed by atoms with Crippen molar-refractivity contribution in [2.24, 2.45) is 0 Å². The molecule has 21 heavy (non-hydrogen) atoms. The first-order valence-corrected chi connectivity index (χ1v) is 7.32. The molecular formula is C14H21F3N2O2. The Balaban J connectivity index is 1.73. The second-order valence-electron chi connectivity index (χ2n) is 5.75. The van der Waals surface area contributed by atoms with Crippen molar-refractivity contribution in [3.8, 4) is 0 Å². The highest BCUT2D eigenvalue weighted by Crippen LogP contribution is 2.38. The number of likely N-dealkylation sites (tertiary alicyclic amines) is 1. The summed E-state index contributed by atoms with van der Waals surface area (Å²) in [6, 6.07) is -0.349. The topological polar surface area (TPSA) is 52.6 Å². The van der Waals surface area contributed by atoms with E-state index in [-0.39, 0.29) is 19.1 Å². The molecule has 0 aromatic rings. The summed E-state index contributed by atoms with van der Waals surface area (Å²) in [5.74, 6) is 0. The minimum Gasteiger partial charge on any atom is -0.380 e. The maximum atomic E-state index is 12.7. The fraction of sp³-hybridized carbons (Fsp3) is 0.786. The zero-order valence-electron chi connectivity index (χ0n) is 11.9. The summed E-state index contributed by atoms with van der Waals surface area (Å²) >= 11 is 0. The van der Waals surface area contributed by atoms with Crippen LogP contribution in [-0.2, 0) is 0 Å². The molecule has 1 aliphatic carbocycles. The fourth-order valence-corrected chi connectivity index (χ4v) is 2.77. The molecule has 7 heteroatoms. The van der Waals surface area contributed by atoms with E-state index in [1.54, 1.807) is 0 Å². The molecule has 1 fully saturated rings. The van der Waals surface area contributed by atoms with E-state index >= 15 is 0 Å². The molecule has 0 saturated carbocycles. The number of halogens is 3. The van der Waals surface area contributed by atoms with Crippen LogP contribution < -0.4 is 5.32 Å². The van der Waals surface area contributed by atoms with Crippen molar-refractivity contribution >= 4 is 6.03 Å². The van der Waals surface area contributed by atoms with Crippen molar-refractivity contribution in [3.05, 3.63) is 11.6 Å². The van der Waals surface area contributed by atoms with Crippen LogP contribution >= 0.6 is 0 Å². The number of allylic oxidation sites excluding steroid dienone is 1. The number of nitrogens with one attached hydrogen (secondary N) is 1. The third-order valence-corrected chi connectivity index (χ3v) is 4.26. The number of hydrogen-bond donors (Lipinski definition) is 2. The van der Waals surface area contributed by atoms with E-state index in [2.05, 4.69) is 11.4 Å². The second-order valence-corrected chi connectivity index (χ2v) is 5.75. The van der Waals surface area contributed by atoms with Crippen molar-refractivity contribution in [3.63, 3.8) is 0 Å². The second kappa shape index (κ2) is 6.25. The molecule has 0 atom stereocenters. The number of carbonyl (C=O) groups is 1. The minimum atomic E-state index is -4.63. The highest BCUT2D eigenvalue weighted by Gasteiger charge is 2.54. The summed E-state index contributed by atoms with van der Waals surface area (Å²) in [5, 5.41) is 12.3. The van der Waals surface area contributed by atoms with Crippen molar-refractivity contribution in [1.29, 1.82) is 0 Å². The molecule has 0 aromatic heterocycles. The zero-order valence-corrected chi connectivity index (χ0v) is 11.9. The Labute approximate surface area is 122 Å². The van der Waals surface area contributed by atoms with Gasteiger partial charge < -0.3 is 15.3 Å². The van der Waals surface area contributed by atoms with Crippen molar-refractivity contribution in [2.45, 2.75) is 50.3 Å². The molecule has 1 saturated heterocycles. The van der Waals surface area contributed by atoms with Crippen LogP contribution in [0.3, 0.4) is 0 Å². The number of urea groups is 1. The van der Waals surface area contributed by atoms with Gasteiger partial charge in [-0.25, -0.2) is 4.79 Å². The Morgan fingerprint density at radius 2 is 2.05 bits per heavy atom. The van der Waals surface area contributed by atoms with E-state index in [1.807, 2.05) is 0 Å². The Bertz CT molecular complexity index is 413. The maximum Gasteiger partial charge on any atom is 0.417 e. The minimum absolute atomic E-state index is 0.0788. The molecule has 2 rings (SSSR count). The lowest BCUT2D eigenvalue weighted by atomic mass is 9.91. The number of alkyl halides is 3. The van der Waals surface area contributed by atoms with Gasteiger partial charge in [0.2, 0.25) is 0 Å². The maximum absolute atomic E-state index is 12.7. The molecule has 0 aromatic carbocycles. The molecule has 2 N–H and O–H groups in total. The summed E-state index contributed by atoms with van der Waals surface area (Å²) in [6.45, 7) is 0.347. The van der Waals surface area contributed by atoms with Crippen LogP contribution in [0.25, 0.3) is 0 Å². The highest BCUT2D eigenvalue weighted by molar-refractivity contribution is 5.74. The van der Waals surface area contributed by atoms with Crippen LogP contribution in [0.15, 0.2) is 11.6 Å². The van der Waals surface area contributed by atoms with Gasteiger partial charge in [-0.05, 0) is 25.7 Å². The van der Waals surface area contributed by atoms with Crippen molar-refractivity contribution < 1.29 is 23.1 Å². The lowest BCUT2D eigenvalue weighted by Crippen LogP contribution is -2.55. The van der Waals surface area contributed by atoms with Gasteiger partial charge in [-0.2, -0.15) is 13.2 Å². The van der Waals surface area contributed by atoms with Crippen LogP contribution in [0.5, 0.6) is 0 Å². The number of nitrogens with zero attached hydrogens (tertiary/aromatic N) is 1. The third-order valence-electron chi connectivity index (χ3n) is 4.26. The normalized spacial score (nSPS) is 22.1.